The van der Waals surface area contributed by atoms with Crippen LogP contribution in [0.1, 0.15) is 13.8 Å². The fraction of sp³-hybridized carbons (Fsp3) is 0.667. The van der Waals surface area contributed by atoms with Crippen molar-refractivity contribution in [2.45, 2.75) is 13.8 Å². The van der Waals surface area contributed by atoms with Crippen molar-refractivity contribution >= 4 is 5.78 Å². The molecule has 1 radical (unpaired) electrons. The van der Waals surface area contributed by atoms with E-state index in [4.69, 9.17) is 30.6 Å². The van der Waals surface area contributed by atoms with Gasteiger partial charge in [0.2, 0.25) is 0 Å². The Balaban J connectivity index is -0.0000000450. The van der Waals surface area contributed by atoms with E-state index in [-0.39, 0.29) is 22.9 Å². The molecule has 0 aliphatic carbocycles. The van der Waals surface area contributed by atoms with E-state index in [1.54, 1.807) is 0 Å². The molecule has 0 atom stereocenters. The van der Waals surface area contributed by atoms with Crippen LogP contribution in [0.4, 0.5) is 0 Å². The summed E-state index contributed by atoms with van der Waals surface area (Å²) < 4.78 is 0. The van der Waals surface area contributed by atoms with E-state index in [9.17, 15) is 4.79 Å². The third-order valence-electron chi connectivity index (χ3n) is 0. The van der Waals surface area contributed by atoms with Gasteiger partial charge in [0.15, 0.2) is 0 Å². The molecule has 13 heavy (non-hydrogen) atoms. The van der Waals surface area contributed by atoms with Gasteiger partial charge in [-0.1, -0.05) is 0 Å². The van der Waals surface area contributed by atoms with Crippen LogP contribution in [0.25, 0.3) is 0 Å². The Labute approximate surface area is 83.0 Å². The van der Waals surface area contributed by atoms with Gasteiger partial charge in [0.1, 0.15) is 5.78 Å². The average molecular weight is 237 g/mol. The number of Topliss-reactive ketones (excluding diaryl/α,β-unsaturated/α-hetero) is 1. The maximum absolute atomic E-state index is 9.44. The molecule has 0 fully saturated rings. The third-order valence-corrected chi connectivity index (χ3v) is 0. The first-order chi connectivity index (χ1) is 5.20. The number of nitrogens with zero attached hydrogens (tertiary/aromatic N) is 2. The van der Waals surface area contributed by atoms with E-state index in [0.29, 0.717) is 0 Å². The summed E-state index contributed by atoms with van der Waals surface area (Å²) in [6.07, 6.45) is 0. The second kappa shape index (κ2) is 16.9. The average Bonchev–Trinajstić information content (AvgIpc) is 1.54. The van der Waals surface area contributed by atoms with Crippen LogP contribution in [0.3, 0.4) is 0 Å². The van der Waals surface area contributed by atoms with Crippen molar-refractivity contribution in [3.8, 4) is 0 Å². The first kappa shape index (κ1) is 22.6. The van der Waals surface area contributed by atoms with E-state index in [1.165, 1.54) is 13.8 Å². The van der Waals surface area contributed by atoms with E-state index >= 15 is 0 Å². The summed E-state index contributed by atoms with van der Waals surface area (Å²) in [5.41, 5.74) is 0. The van der Waals surface area contributed by atoms with Crippen molar-refractivity contribution in [3.05, 3.63) is 30.6 Å². The molecule has 0 saturated heterocycles. The number of ketones is 1. The molecule has 9 nitrogen and oxygen atoms in total. The predicted molar refractivity (Wildman–Crippen MR) is 37.1 cm³/mol. The third kappa shape index (κ3) is 393. The molecule has 10 heteroatoms. The van der Waals surface area contributed by atoms with E-state index in [0.717, 1.165) is 0 Å². The number of carbonyl (C=O) groups excluding carboxylic acids is 1. The maximum atomic E-state index is 9.44. The zero-order valence-electron chi connectivity index (χ0n) is 6.63. The molecule has 0 aromatic carbocycles. The predicted octanol–water partition coefficient (Wildman–Crippen LogP) is 0.115. The van der Waals surface area contributed by atoms with Gasteiger partial charge < -0.3 is 35.4 Å². The molecule has 0 bridgehead atoms. The largest absolute Gasteiger partial charge is 2.00 e. The Morgan fingerprint density at radius 1 is 0.923 bits per heavy atom. The van der Waals surface area contributed by atoms with Crippen molar-refractivity contribution in [1.29, 1.82) is 0 Å². The SMILES string of the molecule is CC(C)=O.O=[N+]([O-])[O-].O=[N+]([O-])[O-].[Mn+2]. The van der Waals surface area contributed by atoms with Crippen LogP contribution >= 0.6 is 0 Å². The van der Waals surface area contributed by atoms with Gasteiger partial charge in [0.25, 0.3) is 0 Å². The number of rotatable bonds is 0. The van der Waals surface area contributed by atoms with Gasteiger partial charge in [-0.2, -0.15) is 0 Å². The molecule has 0 amide bonds. The van der Waals surface area contributed by atoms with Crippen LogP contribution in [0.15, 0.2) is 0 Å². The zero-order chi connectivity index (χ0) is 10.7. The molecular weight excluding hydrogens is 231 g/mol. The minimum Gasteiger partial charge on any atom is -0.356 e. The first-order valence-corrected chi connectivity index (χ1v) is 2.30. The molecule has 0 aliphatic rings. The van der Waals surface area contributed by atoms with Crippen LogP contribution in [0.5, 0.6) is 0 Å². The topological polar surface area (TPSA) is 149 Å². The summed E-state index contributed by atoms with van der Waals surface area (Å²) in [6, 6.07) is 0. The molecule has 77 valence electrons. The monoisotopic (exact) mass is 237 g/mol. The fourth-order valence-electron chi connectivity index (χ4n) is 0. The number of hydrogen-bond acceptors (Lipinski definition) is 7. The quantitative estimate of drug-likeness (QED) is 0.329. The van der Waals surface area contributed by atoms with Crippen molar-refractivity contribution in [2.75, 3.05) is 0 Å². The minimum absolute atomic E-state index is 0. The number of carbonyl (C=O) groups is 1. The van der Waals surface area contributed by atoms with Gasteiger partial charge in [-0.05, 0) is 13.8 Å². The minimum atomic E-state index is -1.75. The van der Waals surface area contributed by atoms with Crippen LogP contribution < -0.4 is 0 Å². The Morgan fingerprint density at radius 3 is 0.923 bits per heavy atom. The molecule has 0 spiro atoms. The van der Waals surface area contributed by atoms with E-state index < -0.39 is 10.2 Å². The summed E-state index contributed by atoms with van der Waals surface area (Å²) in [5.74, 6) is 0.167. The molecule has 0 aromatic rings. The summed E-state index contributed by atoms with van der Waals surface area (Å²) >= 11 is 0. The Morgan fingerprint density at radius 2 is 0.923 bits per heavy atom. The van der Waals surface area contributed by atoms with Gasteiger partial charge in [-0.15, -0.1) is 0 Å². The molecule has 0 aliphatic heterocycles. The van der Waals surface area contributed by atoms with Crippen LogP contribution in [-0.4, -0.2) is 16.0 Å². The normalized spacial score (nSPS) is 5.69. The number of hydrogen-bond donors (Lipinski definition) is 0. The van der Waals surface area contributed by atoms with Crippen molar-refractivity contribution < 1.29 is 32.0 Å². The molecule has 0 N–H and O–H groups in total. The molecule has 0 saturated carbocycles. The van der Waals surface area contributed by atoms with Gasteiger partial charge in [0, 0.05) is 0 Å². The fourth-order valence-corrected chi connectivity index (χ4v) is 0. The van der Waals surface area contributed by atoms with E-state index in [1.807, 2.05) is 0 Å². The van der Waals surface area contributed by atoms with Gasteiger partial charge in [0.05, 0.1) is 10.2 Å². The second-order valence-electron chi connectivity index (χ2n) is 1.36. The van der Waals surface area contributed by atoms with Crippen LogP contribution in [0.2, 0.25) is 0 Å². The van der Waals surface area contributed by atoms with Gasteiger partial charge in [-0.25, -0.2) is 0 Å². The first-order valence-electron chi connectivity index (χ1n) is 2.30. The Hall–Kier alpha value is -1.41. The molecule has 0 aromatic heterocycles. The summed E-state index contributed by atoms with van der Waals surface area (Å²) in [4.78, 5) is 25.9. The van der Waals surface area contributed by atoms with Crippen molar-refractivity contribution in [2.24, 2.45) is 0 Å². The van der Waals surface area contributed by atoms with E-state index in [2.05, 4.69) is 0 Å². The standard InChI is InChI=1S/C3H6O.Mn.2NO3/c1-3(2)4;;2*2-1(3)4/h1-2H3;;;/q;+2;2*-1. The summed E-state index contributed by atoms with van der Waals surface area (Å²) in [7, 11) is 0. The Bertz CT molecular complexity index is 119. The zero-order valence-corrected chi connectivity index (χ0v) is 7.81. The maximum Gasteiger partial charge on any atom is 2.00 e. The van der Waals surface area contributed by atoms with Crippen LogP contribution in [-0.2, 0) is 21.9 Å². The Kier molecular flexibility index (Phi) is 29.3. The second-order valence-corrected chi connectivity index (χ2v) is 1.36. The molecular formula is C3H6MnN2O7. The molecule has 0 unspecified atom stereocenters. The van der Waals surface area contributed by atoms with Gasteiger partial charge in [-0.3, -0.25) is 0 Å². The smallest absolute Gasteiger partial charge is 0.356 e. The summed E-state index contributed by atoms with van der Waals surface area (Å²) in [6.45, 7) is 3.06. The molecule has 0 heterocycles. The van der Waals surface area contributed by atoms with Crippen molar-refractivity contribution in [1.82, 2.24) is 0 Å². The summed E-state index contributed by atoms with van der Waals surface area (Å²) in [5, 5.41) is 29.5. The van der Waals surface area contributed by atoms with Gasteiger partial charge >= 0.3 is 17.1 Å². The van der Waals surface area contributed by atoms with Crippen LogP contribution in [0, 0.1) is 30.6 Å². The van der Waals surface area contributed by atoms with Crippen molar-refractivity contribution in [3.63, 3.8) is 0 Å². The molecule has 0 rings (SSSR count).